The third-order valence-corrected chi connectivity index (χ3v) is 0. The Bertz CT molecular complexity index is 7.51. The molecule has 4 N–H and O–H groups in total. The van der Waals surface area contributed by atoms with Crippen LogP contribution in [0.25, 0.3) is 0 Å². The molecule has 0 aliphatic heterocycles. The largest absolute Gasteiger partial charge is 0.352 e. The molecule has 0 bridgehead atoms. The van der Waals surface area contributed by atoms with Crippen LogP contribution in [-0.4, -0.2) is 19.6 Å². The van der Waals surface area contributed by atoms with Crippen molar-refractivity contribution < 1.29 is 19.6 Å². The van der Waals surface area contributed by atoms with Gasteiger partial charge in [0.2, 0.25) is 0 Å². The van der Waals surface area contributed by atoms with Crippen molar-refractivity contribution in [1.29, 1.82) is 0 Å². The standard InChI is InChI=1S/2H3O2P/c2*1-3-2/h2*1-3H. The second kappa shape index (κ2) is 17.3. The molecule has 0 radical (unpaired) electrons. The molecule has 0 spiro atoms. The minimum absolute atomic E-state index is 0.917. The molecule has 6 heavy (non-hydrogen) atoms. The Balaban J connectivity index is 0. The first-order valence-corrected chi connectivity index (χ1v) is 2.68. The second-order valence-electron chi connectivity index (χ2n) is 0.200. The lowest BCUT2D eigenvalue weighted by molar-refractivity contribution is 0.511. The van der Waals surface area contributed by atoms with Gasteiger partial charge in [-0.25, -0.2) is 0 Å². The molecule has 0 aliphatic carbocycles. The SMILES string of the molecule is OPO.OPO. The molecular weight excluding hydrogens is 126 g/mol. The quantitative estimate of drug-likeness (QED) is 0.317. The first-order valence-electron chi connectivity index (χ1n) is 0.894. The van der Waals surface area contributed by atoms with Crippen LogP contribution in [0.2, 0.25) is 0 Å². The van der Waals surface area contributed by atoms with E-state index in [0.29, 0.717) is 0 Å². The summed E-state index contributed by atoms with van der Waals surface area (Å²) in [5.74, 6) is 0. The first kappa shape index (κ1) is 9.85. The lowest BCUT2D eigenvalue weighted by atomic mass is 15.9. The monoisotopic (exact) mass is 132 g/mol. The van der Waals surface area contributed by atoms with Gasteiger partial charge in [0.25, 0.3) is 0 Å². The summed E-state index contributed by atoms with van der Waals surface area (Å²) in [4.78, 5) is 28.6. The molecule has 0 aromatic heterocycles. The van der Waals surface area contributed by atoms with Gasteiger partial charge in [-0.05, 0) is 0 Å². The van der Waals surface area contributed by atoms with E-state index in [0.717, 1.165) is 0 Å². The maximum atomic E-state index is 7.15. The van der Waals surface area contributed by atoms with Crippen molar-refractivity contribution in [1.82, 2.24) is 0 Å². The van der Waals surface area contributed by atoms with Gasteiger partial charge in [0.1, 0.15) is 18.1 Å². The highest BCUT2D eigenvalue weighted by Crippen LogP contribution is 1.82. The molecule has 0 amide bonds. The van der Waals surface area contributed by atoms with Crippen LogP contribution in [0.4, 0.5) is 0 Å². The first-order chi connectivity index (χ1) is 2.83. The van der Waals surface area contributed by atoms with E-state index in [1.165, 1.54) is 0 Å². The van der Waals surface area contributed by atoms with E-state index in [1.54, 1.807) is 0 Å². The summed E-state index contributed by atoms with van der Waals surface area (Å²) < 4.78 is 0. The predicted molar refractivity (Wildman–Crippen MR) is 25.5 cm³/mol. The molecule has 0 saturated heterocycles. The van der Waals surface area contributed by atoms with Crippen molar-refractivity contribution in [2.24, 2.45) is 0 Å². The van der Waals surface area contributed by atoms with Gasteiger partial charge in [-0.1, -0.05) is 0 Å². The fourth-order valence-corrected chi connectivity index (χ4v) is 0. The zero-order valence-corrected chi connectivity index (χ0v) is 4.79. The lowest BCUT2D eigenvalue weighted by Crippen LogP contribution is -1.24. The van der Waals surface area contributed by atoms with Crippen LogP contribution in [0, 0.1) is 0 Å². The summed E-state index contributed by atoms with van der Waals surface area (Å²) in [6, 6.07) is 0. The number of rotatable bonds is 0. The van der Waals surface area contributed by atoms with E-state index < -0.39 is 18.1 Å². The molecule has 0 atom stereocenters. The average molecular weight is 132 g/mol. The summed E-state index contributed by atoms with van der Waals surface area (Å²) >= 11 is 0. The van der Waals surface area contributed by atoms with E-state index >= 15 is 0 Å². The van der Waals surface area contributed by atoms with Gasteiger partial charge in [0.05, 0.1) is 0 Å². The van der Waals surface area contributed by atoms with Gasteiger partial charge in [-0.3, -0.25) is 0 Å². The van der Waals surface area contributed by atoms with Crippen molar-refractivity contribution in [2.45, 2.75) is 0 Å². The Morgan fingerprint density at radius 2 is 0.667 bits per heavy atom. The maximum absolute atomic E-state index is 7.15. The molecular formula is H6O4P2. The highest BCUT2D eigenvalue weighted by molar-refractivity contribution is 7.23. The normalized spacial score (nSPS) is 6.00. The van der Waals surface area contributed by atoms with Gasteiger partial charge in [0, 0.05) is 0 Å². The molecule has 0 fully saturated rings. The van der Waals surface area contributed by atoms with Gasteiger partial charge in [-0.15, -0.1) is 0 Å². The lowest BCUT2D eigenvalue weighted by Gasteiger charge is -1.54. The molecule has 0 unspecified atom stereocenters. The fourth-order valence-electron chi connectivity index (χ4n) is 0. The highest BCUT2D eigenvalue weighted by Gasteiger charge is 1.34. The van der Waals surface area contributed by atoms with E-state index in [9.17, 15) is 0 Å². The Hall–Kier alpha value is 0.700. The minimum Gasteiger partial charge on any atom is -0.352 e. The fraction of sp³-hybridized carbons (Fsp3) is 0. The van der Waals surface area contributed by atoms with Crippen LogP contribution < -0.4 is 0 Å². The maximum Gasteiger partial charge on any atom is 0.149 e. The van der Waals surface area contributed by atoms with Crippen molar-refractivity contribution in [3.8, 4) is 0 Å². The van der Waals surface area contributed by atoms with Crippen molar-refractivity contribution in [3.63, 3.8) is 0 Å². The number of hydrogen-bond acceptors (Lipinski definition) is 4. The van der Waals surface area contributed by atoms with E-state index in [-0.39, 0.29) is 0 Å². The summed E-state index contributed by atoms with van der Waals surface area (Å²) in [6.07, 6.45) is 0. The van der Waals surface area contributed by atoms with E-state index in [1.807, 2.05) is 0 Å². The van der Waals surface area contributed by atoms with Gasteiger partial charge in [0.15, 0.2) is 0 Å². The Labute approximate surface area is 38.7 Å². The molecule has 40 valence electrons. The molecule has 0 aliphatic rings. The van der Waals surface area contributed by atoms with Gasteiger partial charge >= 0.3 is 0 Å². The molecule has 0 rings (SSSR count). The number of hydrogen-bond donors (Lipinski definition) is 4. The van der Waals surface area contributed by atoms with Crippen molar-refractivity contribution in [3.05, 3.63) is 0 Å². The molecule has 0 heterocycles. The van der Waals surface area contributed by atoms with Gasteiger partial charge in [-0.2, -0.15) is 0 Å². The van der Waals surface area contributed by atoms with Crippen molar-refractivity contribution >= 4 is 18.1 Å². The summed E-state index contributed by atoms with van der Waals surface area (Å²) in [5.41, 5.74) is 0. The van der Waals surface area contributed by atoms with Crippen LogP contribution in [0.15, 0.2) is 0 Å². The van der Waals surface area contributed by atoms with E-state index in [2.05, 4.69) is 0 Å². The van der Waals surface area contributed by atoms with E-state index in [4.69, 9.17) is 19.6 Å². The summed E-state index contributed by atoms with van der Waals surface area (Å²) in [7, 11) is -1.83. The Morgan fingerprint density at radius 3 is 0.667 bits per heavy atom. The van der Waals surface area contributed by atoms with Crippen LogP contribution in [-0.2, 0) is 0 Å². The zero-order valence-electron chi connectivity index (χ0n) is 2.79. The van der Waals surface area contributed by atoms with Crippen LogP contribution >= 0.6 is 18.1 Å². The third-order valence-electron chi connectivity index (χ3n) is 0. The topological polar surface area (TPSA) is 80.9 Å². The molecule has 0 aromatic rings. The van der Waals surface area contributed by atoms with Gasteiger partial charge < -0.3 is 19.6 Å². The zero-order chi connectivity index (χ0) is 5.41. The molecule has 0 saturated carbocycles. The summed E-state index contributed by atoms with van der Waals surface area (Å²) in [6.45, 7) is 0. The van der Waals surface area contributed by atoms with Crippen LogP contribution in [0.3, 0.4) is 0 Å². The Kier molecular flexibility index (Phi) is 28.4. The molecule has 0 aromatic carbocycles. The smallest absolute Gasteiger partial charge is 0.149 e. The summed E-state index contributed by atoms with van der Waals surface area (Å²) in [5, 5.41) is 0. The van der Waals surface area contributed by atoms with Crippen LogP contribution in [0.5, 0.6) is 0 Å². The highest BCUT2D eigenvalue weighted by atomic mass is 31.1. The third kappa shape index (κ3) is 131. The van der Waals surface area contributed by atoms with Crippen LogP contribution in [0.1, 0.15) is 0 Å². The predicted octanol–water partition coefficient (Wildman–Crippen LogP) is -1.04. The Morgan fingerprint density at radius 1 is 0.667 bits per heavy atom. The second-order valence-corrected chi connectivity index (χ2v) is 0.600. The minimum atomic E-state index is -0.917. The molecule has 6 heteroatoms. The van der Waals surface area contributed by atoms with Crippen molar-refractivity contribution in [2.75, 3.05) is 0 Å². The average Bonchev–Trinajstić information content (AvgIpc) is 1.39. The molecule has 4 nitrogen and oxygen atoms in total.